The van der Waals surface area contributed by atoms with E-state index >= 15 is 0 Å². The lowest BCUT2D eigenvalue weighted by molar-refractivity contribution is -0.143. The highest BCUT2D eigenvalue weighted by atomic mass is 16.5. The van der Waals surface area contributed by atoms with Gasteiger partial charge in [0.2, 0.25) is 0 Å². The Hall–Kier alpha value is -3.61. The first-order valence-electron chi connectivity index (χ1n) is 9.26. The topological polar surface area (TPSA) is 102 Å². The van der Waals surface area contributed by atoms with Gasteiger partial charge in [0, 0.05) is 11.6 Å². The van der Waals surface area contributed by atoms with Crippen LogP contribution in [0.1, 0.15) is 42.3 Å². The lowest BCUT2D eigenvalue weighted by atomic mass is 9.87. The van der Waals surface area contributed by atoms with Crippen molar-refractivity contribution >= 4 is 23.9 Å². The van der Waals surface area contributed by atoms with E-state index in [1.54, 1.807) is 18.2 Å². The molecule has 0 fully saturated rings. The van der Waals surface area contributed by atoms with Crippen LogP contribution >= 0.6 is 0 Å². The number of hydrogen-bond acceptors (Lipinski definition) is 6. The number of imide groups is 1. The molecule has 30 heavy (non-hydrogen) atoms. The van der Waals surface area contributed by atoms with Crippen molar-refractivity contribution in [2.45, 2.75) is 26.2 Å². The molecule has 0 aliphatic carbocycles. The van der Waals surface area contributed by atoms with Gasteiger partial charge in [-0.1, -0.05) is 39.0 Å². The number of carbonyl (C=O) groups is 3. The number of esters is 1. The highest BCUT2D eigenvalue weighted by molar-refractivity contribution is 6.05. The number of phenols is 1. The number of amides is 2. The maximum atomic E-state index is 12.1. The van der Waals surface area contributed by atoms with Crippen LogP contribution in [0.5, 0.6) is 11.5 Å². The molecule has 2 N–H and O–H groups in total. The van der Waals surface area contributed by atoms with Crippen molar-refractivity contribution in [3.05, 3.63) is 65.2 Å². The molecule has 158 valence electrons. The Bertz CT molecular complexity index is 955. The van der Waals surface area contributed by atoms with Gasteiger partial charge in [-0.05, 0) is 46.9 Å². The molecular weight excluding hydrogens is 386 g/mol. The molecule has 2 aromatic carbocycles. The van der Waals surface area contributed by atoms with Crippen molar-refractivity contribution in [3.8, 4) is 11.5 Å². The molecule has 0 unspecified atom stereocenters. The number of rotatable bonds is 6. The SMILES string of the molecule is COc1cc(/C=C/C(=O)OCC(=O)NC(=O)c2ccc(C(C)(C)C)cc2)ccc1O. The fourth-order valence-electron chi connectivity index (χ4n) is 2.50. The van der Waals surface area contributed by atoms with Gasteiger partial charge in [0.15, 0.2) is 18.1 Å². The molecular formula is C23H25NO6. The molecule has 2 amide bonds. The third-order valence-corrected chi connectivity index (χ3v) is 4.23. The van der Waals surface area contributed by atoms with E-state index in [1.807, 2.05) is 12.1 Å². The predicted molar refractivity (Wildman–Crippen MR) is 112 cm³/mol. The van der Waals surface area contributed by atoms with Crippen LogP contribution in [0.2, 0.25) is 0 Å². The van der Waals surface area contributed by atoms with Crippen LogP contribution in [-0.4, -0.2) is 36.6 Å². The third kappa shape index (κ3) is 6.48. The maximum absolute atomic E-state index is 12.1. The Labute approximate surface area is 175 Å². The van der Waals surface area contributed by atoms with Gasteiger partial charge in [0.1, 0.15) is 0 Å². The highest BCUT2D eigenvalue weighted by Gasteiger charge is 2.16. The van der Waals surface area contributed by atoms with E-state index in [1.165, 1.54) is 25.3 Å². The molecule has 0 bridgehead atoms. The summed E-state index contributed by atoms with van der Waals surface area (Å²) >= 11 is 0. The lowest BCUT2D eigenvalue weighted by Gasteiger charge is -2.18. The first kappa shape index (κ1) is 22.7. The fraction of sp³-hybridized carbons (Fsp3) is 0.261. The number of carbonyl (C=O) groups excluding carboxylic acids is 3. The first-order chi connectivity index (χ1) is 14.1. The molecule has 0 spiro atoms. The van der Waals surface area contributed by atoms with E-state index in [-0.39, 0.29) is 16.9 Å². The summed E-state index contributed by atoms with van der Waals surface area (Å²) in [6.07, 6.45) is 2.58. The van der Waals surface area contributed by atoms with Crippen LogP contribution in [0.3, 0.4) is 0 Å². The molecule has 0 aromatic heterocycles. The number of aromatic hydroxyl groups is 1. The minimum atomic E-state index is -0.751. The molecule has 0 aliphatic rings. The van der Waals surface area contributed by atoms with E-state index in [4.69, 9.17) is 9.47 Å². The Morgan fingerprint density at radius 1 is 1.07 bits per heavy atom. The maximum Gasteiger partial charge on any atom is 0.331 e. The molecule has 7 nitrogen and oxygen atoms in total. The van der Waals surface area contributed by atoms with Crippen LogP contribution in [-0.2, 0) is 19.7 Å². The molecule has 0 radical (unpaired) electrons. The average Bonchev–Trinajstić information content (AvgIpc) is 2.71. The minimum absolute atomic E-state index is 0.0217. The van der Waals surface area contributed by atoms with E-state index in [9.17, 15) is 19.5 Å². The summed E-state index contributed by atoms with van der Waals surface area (Å²) in [5, 5.41) is 11.7. The number of benzene rings is 2. The van der Waals surface area contributed by atoms with Crippen LogP contribution in [0.4, 0.5) is 0 Å². The van der Waals surface area contributed by atoms with Gasteiger partial charge in [-0.2, -0.15) is 0 Å². The second-order valence-electron chi connectivity index (χ2n) is 7.58. The van der Waals surface area contributed by atoms with Crippen molar-refractivity contribution in [2.24, 2.45) is 0 Å². The summed E-state index contributed by atoms with van der Waals surface area (Å²) < 4.78 is 9.82. The Morgan fingerprint density at radius 3 is 2.33 bits per heavy atom. The summed E-state index contributed by atoms with van der Waals surface area (Å²) in [6, 6.07) is 11.5. The van der Waals surface area contributed by atoms with Crippen LogP contribution < -0.4 is 10.1 Å². The Morgan fingerprint density at radius 2 is 1.73 bits per heavy atom. The molecule has 0 heterocycles. The number of hydrogen-bond donors (Lipinski definition) is 2. The summed E-state index contributed by atoms with van der Waals surface area (Å²) in [6.45, 7) is 5.60. The zero-order valence-corrected chi connectivity index (χ0v) is 17.4. The third-order valence-electron chi connectivity index (χ3n) is 4.23. The summed E-state index contributed by atoms with van der Waals surface area (Å²) in [7, 11) is 1.41. The van der Waals surface area contributed by atoms with Gasteiger partial charge in [-0.15, -0.1) is 0 Å². The van der Waals surface area contributed by atoms with Crippen LogP contribution in [0.15, 0.2) is 48.5 Å². The van der Waals surface area contributed by atoms with Gasteiger partial charge in [0.25, 0.3) is 11.8 Å². The lowest BCUT2D eigenvalue weighted by Crippen LogP contribution is -2.34. The van der Waals surface area contributed by atoms with Crippen molar-refractivity contribution in [2.75, 3.05) is 13.7 Å². The van der Waals surface area contributed by atoms with Gasteiger partial charge in [-0.25, -0.2) is 4.79 Å². The minimum Gasteiger partial charge on any atom is -0.504 e. The number of ether oxygens (including phenoxy) is 2. The monoisotopic (exact) mass is 411 g/mol. The molecule has 0 atom stereocenters. The summed E-state index contributed by atoms with van der Waals surface area (Å²) in [5.41, 5.74) is 1.96. The molecule has 2 aromatic rings. The standard InChI is InChI=1S/C23H25NO6/c1-23(2,3)17-9-7-16(8-10-17)22(28)24-20(26)14-30-21(27)12-6-15-5-11-18(25)19(13-15)29-4/h5-13,25H,14H2,1-4H3,(H,24,26,28)/b12-6+. The van der Waals surface area contributed by atoms with E-state index in [2.05, 4.69) is 26.1 Å². The van der Waals surface area contributed by atoms with Crippen molar-refractivity contribution < 1.29 is 29.0 Å². The second kappa shape index (κ2) is 9.73. The first-order valence-corrected chi connectivity index (χ1v) is 9.26. The summed E-state index contributed by atoms with van der Waals surface area (Å²) in [4.78, 5) is 35.8. The van der Waals surface area contributed by atoms with E-state index in [0.717, 1.165) is 11.6 Å². The van der Waals surface area contributed by atoms with Crippen molar-refractivity contribution in [1.82, 2.24) is 5.32 Å². The quantitative estimate of drug-likeness (QED) is 0.559. The average molecular weight is 411 g/mol. The predicted octanol–water partition coefficient (Wildman–Crippen LogP) is 3.21. The normalized spacial score (nSPS) is 11.2. The van der Waals surface area contributed by atoms with Gasteiger partial charge in [-0.3, -0.25) is 14.9 Å². The van der Waals surface area contributed by atoms with Gasteiger partial charge in [0.05, 0.1) is 7.11 Å². The second-order valence-corrected chi connectivity index (χ2v) is 7.58. The molecule has 0 aliphatic heterocycles. The van der Waals surface area contributed by atoms with Crippen molar-refractivity contribution in [3.63, 3.8) is 0 Å². The number of methoxy groups -OCH3 is 1. The zero-order valence-electron chi connectivity index (χ0n) is 17.4. The number of phenolic OH excluding ortho intramolecular Hbond substituents is 1. The Balaban J connectivity index is 1.85. The van der Waals surface area contributed by atoms with Crippen LogP contribution in [0, 0.1) is 0 Å². The van der Waals surface area contributed by atoms with Gasteiger partial charge >= 0.3 is 5.97 Å². The zero-order chi connectivity index (χ0) is 22.3. The van der Waals surface area contributed by atoms with Crippen molar-refractivity contribution in [1.29, 1.82) is 0 Å². The number of nitrogens with one attached hydrogen (secondary N) is 1. The summed E-state index contributed by atoms with van der Waals surface area (Å²) in [5.74, 6) is -1.80. The molecule has 0 saturated heterocycles. The van der Waals surface area contributed by atoms with Crippen LogP contribution in [0.25, 0.3) is 6.08 Å². The van der Waals surface area contributed by atoms with E-state index in [0.29, 0.717) is 11.1 Å². The molecule has 0 saturated carbocycles. The molecule has 2 rings (SSSR count). The Kier molecular flexibility index (Phi) is 7.36. The smallest absolute Gasteiger partial charge is 0.331 e. The largest absolute Gasteiger partial charge is 0.504 e. The molecule has 7 heteroatoms. The highest BCUT2D eigenvalue weighted by Crippen LogP contribution is 2.26. The van der Waals surface area contributed by atoms with Gasteiger partial charge < -0.3 is 14.6 Å². The van der Waals surface area contributed by atoms with E-state index < -0.39 is 24.4 Å². The fourth-order valence-corrected chi connectivity index (χ4v) is 2.50.